The number of nitrogens with zero attached hydrogens (tertiary/aromatic N) is 3. The number of hydrogen-bond donors (Lipinski definition) is 0. The van der Waals surface area contributed by atoms with Gasteiger partial charge in [0, 0.05) is 22.1 Å². The predicted octanol–water partition coefficient (Wildman–Crippen LogP) is 16.0. The Hall–Kier alpha value is -5.67. The Balaban J connectivity index is 1.29. The van der Waals surface area contributed by atoms with Crippen molar-refractivity contribution >= 4 is 0 Å². The van der Waals surface area contributed by atoms with Crippen molar-refractivity contribution in [2.24, 2.45) is 0 Å². The molecule has 1 heterocycles. The lowest BCUT2D eigenvalue weighted by Gasteiger charge is -2.26. The van der Waals surface area contributed by atoms with Crippen molar-refractivity contribution in [3.63, 3.8) is 0 Å². The van der Waals surface area contributed by atoms with Gasteiger partial charge in [0.05, 0.1) is 0 Å². The summed E-state index contributed by atoms with van der Waals surface area (Å²) in [6, 6.07) is 45.3. The molecule has 0 atom stereocenters. The van der Waals surface area contributed by atoms with Gasteiger partial charge in [-0.15, -0.1) is 0 Å². The number of aromatic nitrogens is 3. The van der Waals surface area contributed by atoms with Crippen molar-refractivity contribution in [2.45, 2.75) is 131 Å². The smallest absolute Gasteiger partial charge is 0.164 e. The van der Waals surface area contributed by atoms with Crippen LogP contribution in [0.15, 0.2) is 121 Å². The van der Waals surface area contributed by atoms with E-state index in [9.17, 15) is 0 Å². The summed E-state index contributed by atoms with van der Waals surface area (Å²) in [5.41, 5.74) is 19.2. The van der Waals surface area contributed by atoms with Crippen LogP contribution in [0.5, 0.6) is 0 Å². The molecule has 0 spiro atoms. The van der Waals surface area contributed by atoms with Crippen LogP contribution in [-0.4, -0.2) is 15.0 Å². The van der Waals surface area contributed by atoms with Crippen molar-refractivity contribution in [1.82, 2.24) is 15.0 Å². The molecule has 8 rings (SSSR count). The first kappa shape index (κ1) is 43.0. The van der Waals surface area contributed by atoms with Crippen LogP contribution in [0.2, 0.25) is 0 Å². The molecule has 3 heteroatoms. The van der Waals surface area contributed by atoms with Gasteiger partial charge < -0.3 is 0 Å². The maximum atomic E-state index is 5.36. The number of benzene rings is 6. The second-order valence-corrected chi connectivity index (χ2v) is 22.5. The zero-order valence-corrected chi connectivity index (χ0v) is 39.9. The molecule has 0 saturated heterocycles. The van der Waals surface area contributed by atoms with E-state index in [1.165, 1.54) is 61.2 Å². The summed E-state index contributed by atoms with van der Waals surface area (Å²) in [7, 11) is 0. The molecule has 0 unspecified atom stereocenters. The summed E-state index contributed by atoms with van der Waals surface area (Å²) in [6.45, 7) is 34.3. The van der Waals surface area contributed by atoms with E-state index in [4.69, 9.17) is 15.0 Å². The van der Waals surface area contributed by atoms with E-state index in [1.807, 2.05) is 0 Å². The molecule has 0 bridgehead atoms. The fraction of sp³-hybridized carbons (Fsp3) is 0.339. The number of rotatable bonds is 5. The molecular formula is C59H65N3. The van der Waals surface area contributed by atoms with Crippen LogP contribution < -0.4 is 0 Å². The van der Waals surface area contributed by atoms with Crippen molar-refractivity contribution in [3.8, 4) is 67.5 Å². The van der Waals surface area contributed by atoms with Crippen LogP contribution in [-0.2, 0) is 27.1 Å². The fourth-order valence-corrected chi connectivity index (χ4v) is 8.95. The minimum absolute atomic E-state index is 0.0567. The molecule has 0 fully saturated rings. The maximum absolute atomic E-state index is 5.36. The molecule has 1 aliphatic rings. The Labute approximate surface area is 372 Å². The standard InChI is InChI=1S/C59H65N3/c1-36-25-26-48-49-24-18-23-47(51(49)59(14,15)50(48)27-36)39-21-16-19-37(28-39)38-20-17-22-40(29-38)52-60-53(41-30-43(55(2,3)4)34-44(31-41)56(5,6)7)62-54(61-52)42-32-45(57(8,9)10)35-46(33-42)58(11,12)13/h16-35H,1-15H3. The molecule has 0 amide bonds. The lowest BCUT2D eigenvalue weighted by atomic mass is 9.78. The van der Waals surface area contributed by atoms with Crippen LogP contribution >= 0.6 is 0 Å². The van der Waals surface area contributed by atoms with E-state index in [-0.39, 0.29) is 27.1 Å². The summed E-state index contributed by atoms with van der Waals surface area (Å²) in [5, 5.41) is 0. The molecule has 316 valence electrons. The van der Waals surface area contributed by atoms with Crippen molar-refractivity contribution in [3.05, 3.63) is 160 Å². The van der Waals surface area contributed by atoms with E-state index >= 15 is 0 Å². The Morgan fingerprint density at radius 2 is 0.742 bits per heavy atom. The first-order chi connectivity index (χ1) is 28.9. The highest BCUT2D eigenvalue weighted by molar-refractivity contribution is 5.89. The lowest BCUT2D eigenvalue weighted by Crippen LogP contribution is -2.17. The zero-order valence-electron chi connectivity index (χ0n) is 39.9. The summed E-state index contributed by atoms with van der Waals surface area (Å²) in [4.78, 5) is 16.0. The third-order valence-electron chi connectivity index (χ3n) is 12.9. The maximum Gasteiger partial charge on any atom is 0.164 e. The van der Waals surface area contributed by atoms with Crippen molar-refractivity contribution in [2.75, 3.05) is 0 Å². The van der Waals surface area contributed by atoms with E-state index in [1.54, 1.807) is 0 Å². The summed E-state index contributed by atoms with van der Waals surface area (Å²) >= 11 is 0. The largest absolute Gasteiger partial charge is 0.208 e. The van der Waals surface area contributed by atoms with Gasteiger partial charge in [0.15, 0.2) is 17.5 Å². The quantitative estimate of drug-likeness (QED) is 0.174. The second kappa shape index (κ2) is 15.0. The third-order valence-corrected chi connectivity index (χ3v) is 12.9. The molecule has 1 aromatic heterocycles. The molecule has 7 aromatic rings. The first-order valence-electron chi connectivity index (χ1n) is 22.4. The topological polar surface area (TPSA) is 38.7 Å². The molecule has 6 aromatic carbocycles. The van der Waals surface area contributed by atoms with Gasteiger partial charge >= 0.3 is 0 Å². The van der Waals surface area contributed by atoms with Gasteiger partial charge in [-0.1, -0.05) is 187 Å². The van der Waals surface area contributed by atoms with Crippen molar-refractivity contribution in [1.29, 1.82) is 0 Å². The van der Waals surface area contributed by atoms with Gasteiger partial charge in [0.25, 0.3) is 0 Å². The third kappa shape index (κ3) is 8.19. The average molecular weight is 816 g/mol. The zero-order chi connectivity index (χ0) is 44.7. The monoisotopic (exact) mass is 816 g/mol. The first-order valence-corrected chi connectivity index (χ1v) is 22.4. The lowest BCUT2D eigenvalue weighted by molar-refractivity contribution is 0.568. The van der Waals surface area contributed by atoms with Crippen LogP contribution in [0.1, 0.15) is 136 Å². The molecule has 0 saturated carbocycles. The Morgan fingerprint density at radius 3 is 1.21 bits per heavy atom. The van der Waals surface area contributed by atoms with Crippen molar-refractivity contribution < 1.29 is 0 Å². The Morgan fingerprint density at radius 1 is 0.355 bits per heavy atom. The van der Waals surface area contributed by atoms with Gasteiger partial charge in [-0.2, -0.15) is 0 Å². The van der Waals surface area contributed by atoms with Gasteiger partial charge in [0.2, 0.25) is 0 Å². The van der Waals surface area contributed by atoms with E-state index in [2.05, 4.69) is 225 Å². The van der Waals surface area contributed by atoms with Gasteiger partial charge in [-0.05, 0) is 132 Å². The van der Waals surface area contributed by atoms with E-state index < -0.39 is 0 Å². The average Bonchev–Trinajstić information content (AvgIpc) is 3.44. The van der Waals surface area contributed by atoms with Crippen LogP contribution in [0.3, 0.4) is 0 Å². The highest BCUT2D eigenvalue weighted by Gasteiger charge is 2.37. The molecule has 0 N–H and O–H groups in total. The number of hydrogen-bond acceptors (Lipinski definition) is 3. The SMILES string of the molecule is Cc1ccc2c(c1)C(C)(C)c1c(-c3cccc(-c4cccc(-c5nc(-c6cc(C(C)(C)C)cc(C(C)(C)C)c6)nc(-c6cc(C(C)(C)C)cc(C(C)(C)C)c6)n5)c4)c3)cccc1-2. The number of aryl methyl sites for hydroxylation is 1. The molecule has 0 radical (unpaired) electrons. The normalized spacial score (nSPS) is 13.9. The molecule has 1 aliphatic carbocycles. The molecule has 3 nitrogen and oxygen atoms in total. The van der Waals surface area contributed by atoms with Crippen LogP contribution in [0.4, 0.5) is 0 Å². The summed E-state index contributed by atoms with van der Waals surface area (Å²) in [5.74, 6) is 2.03. The minimum atomic E-state index is -0.114. The van der Waals surface area contributed by atoms with E-state index in [0.29, 0.717) is 17.5 Å². The highest BCUT2D eigenvalue weighted by Crippen LogP contribution is 2.52. The molecular weight excluding hydrogens is 751 g/mol. The van der Waals surface area contributed by atoms with Crippen LogP contribution in [0, 0.1) is 6.92 Å². The number of fused-ring (bicyclic) bond motifs is 3. The Bertz CT molecular complexity index is 2700. The van der Waals surface area contributed by atoms with Gasteiger partial charge in [-0.3, -0.25) is 0 Å². The van der Waals surface area contributed by atoms with E-state index in [0.717, 1.165) is 27.8 Å². The van der Waals surface area contributed by atoms with Gasteiger partial charge in [0.1, 0.15) is 0 Å². The molecule has 0 aliphatic heterocycles. The van der Waals surface area contributed by atoms with Gasteiger partial charge in [-0.25, -0.2) is 15.0 Å². The van der Waals surface area contributed by atoms with Crippen LogP contribution in [0.25, 0.3) is 67.5 Å². The second-order valence-electron chi connectivity index (χ2n) is 22.5. The minimum Gasteiger partial charge on any atom is -0.208 e. The Kier molecular flexibility index (Phi) is 10.4. The summed E-state index contributed by atoms with van der Waals surface area (Å²) in [6.07, 6.45) is 0. The fourth-order valence-electron chi connectivity index (χ4n) is 8.95. The summed E-state index contributed by atoms with van der Waals surface area (Å²) < 4.78 is 0. The highest BCUT2D eigenvalue weighted by atomic mass is 15.0. The predicted molar refractivity (Wildman–Crippen MR) is 264 cm³/mol. The molecule has 62 heavy (non-hydrogen) atoms.